The summed E-state index contributed by atoms with van der Waals surface area (Å²) in [4.78, 5) is 24.3. The van der Waals surface area contributed by atoms with Gasteiger partial charge in [0, 0.05) is 24.2 Å². The number of sulfonamides is 1. The van der Waals surface area contributed by atoms with Crippen LogP contribution in [0.3, 0.4) is 0 Å². The molecule has 1 fully saturated rings. The number of carbonyl (C=O) groups is 2. The number of amides is 1. The van der Waals surface area contributed by atoms with E-state index in [4.69, 9.17) is 5.11 Å². The van der Waals surface area contributed by atoms with Crippen LogP contribution in [-0.4, -0.2) is 37.5 Å². The summed E-state index contributed by atoms with van der Waals surface area (Å²) >= 11 is 0. The molecule has 1 aliphatic rings. The van der Waals surface area contributed by atoms with Crippen LogP contribution in [0.4, 0.5) is 5.69 Å². The first-order chi connectivity index (χ1) is 10.5. The van der Waals surface area contributed by atoms with Crippen molar-refractivity contribution in [3.63, 3.8) is 0 Å². The number of aliphatic carboxylic acids is 1. The van der Waals surface area contributed by atoms with Crippen LogP contribution in [0, 0.1) is 5.92 Å². The summed E-state index contributed by atoms with van der Waals surface area (Å²) in [6.07, 6.45) is -0.0407. The number of nitrogens with one attached hydrogen (secondary N) is 1. The fourth-order valence-electron chi connectivity index (χ4n) is 2.39. The van der Waals surface area contributed by atoms with E-state index in [2.05, 4.69) is 4.72 Å². The van der Waals surface area contributed by atoms with Gasteiger partial charge in [0.25, 0.3) is 0 Å². The Kier molecular flexibility index (Phi) is 4.50. The van der Waals surface area contributed by atoms with E-state index in [-0.39, 0.29) is 23.8 Å². The lowest BCUT2D eigenvalue weighted by Gasteiger charge is -2.21. The second-order valence-electron chi connectivity index (χ2n) is 6.59. The third kappa shape index (κ3) is 4.08. The average Bonchev–Trinajstić information content (AvgIpc) is 2.78. The van der Waals surface area contributed by atoms with Crippen LogP contribution in [0.15, 0.2) is 29.2 Å². The Morgan fingerprint density at radius 1 is 1.26 bits per heavy atom. The van der Waals surface area contributed by atoms with Gasteiger partial charge in [-0.05, 0) is 45.0 Å². The fourth-order valence-corrected chi connectivity index (χ4v) is 3.81. The number of rotatable bonds is 4. The van der Waals surface area contributed by atoms with Gasteiger partial charge in [-0.15, -0.1) is 0 Å². The minimum atomic E-state index is -3.64. The van der Waals surface area contributed by atoms with E-state index in [0.29, 0.717) is 5.69 Å². The standard InChI is InChI=1S/C15H20N2O5S/c1-15(2,3)16-23(21,22)12-6-4-11(5-7-12)17-9-10(14(19)20)8-13(17)18/h4-7,10,16H,8-9H2,1-3H3,(H,19,20)/t10-/m0/s1. The smallest absolute Gasteiger partial charge is 0.308 e. The number of benzene rings is 1. The number of carboxylic acid groups (broad SMARTS) is 1. The predicted octanol–water partition coefficient (Wildman–Crippen LogP) is 1.20. The number of hydrogen-bond donors (Lipinski definition) is 2. The molecule has 1 aliphatic heterocycles. The van der Waals surface area contributed by atoms with Crippen molar-refractivity contribution >= 4 is 27.6 Å². The molecule has 1 aromatic carbocycles. The molecule has 0 aromatic heterocycles. The summed E-state index contributed by atoms with van der Waals surface area (Å²) in [7, 11) is -3.64. The highest BCUT2D eigenvalue weighted by molar-refractivity contribution is 7.89. The quantitative estimate of drug-likeness (QED) is 0.857. The van der Waals surface area contributed by atoms with E-state index >= 15 is 0 Å². The van der Waals surface area contributed by atoms with Gasteiger partial charge < -0.3 is 10.0 Å². The van der Waals surface area contributed by atoms with Gasteiger partial charge in [0.05, 0.1) is 10.8 Å². The summed E-state index contributed by atoms with van der Waals surface area (Å²) in [5.74, 6) is -2.01. The Bertz CT molecular complexity index is 719. The average molecular weight is 340 g/mol. The van der Waals surface area contributed by atoms with Gasteiger partial charge in [-0.1, -0.05) is 0 Å². The number of nitrogens with zero attached hydrogens (tertiary/aromatic N) is 1. The Labute approximate surface area is 135 Å². The van der Waals surface area contributed by atoms with Crippen molar-refractivity contribution in [3.8, 4) is 0 Å². The molecule has 126 valence electrons. The summed E-state index contributed by atoms with van der Waals surface area (Å²) in [6.45, 7) is 5.33. The number of carboxylic acids is 1. The lowest BCUT2D eigenvalue weighted by atomic mass is 10.1. The van der Waals surface area contributed by atoms with E-state index in [1.165, 1.54) is 29.2 Å². The van der Waals surface area contributed by atoms with Crippen molar-refractivity contribution < 1.29 is 23.1 Å². The molecule has 2 N–H and O–H groups in total. The molecule has 0 bridgehead atoms. The number of carbonyl (C=O) groups excluding carboxylic acids is 1. The van der Waals surface area contributed by atoms with E-state index in [0.717, 1.165) is 0 Å². The molecule has 0 unspecified atom stereocenters. The largest absolute Gasteiger partial charge is 0.481 e. The molecule has 1 heterocycles. The third-order valence-electron chi connectivity index (χ3n) is 3.37. The summed E-state index contributed by atoms with van der Waals surface area (Å²) in [5, 5.41) is 8.99. The Morgan fingerprint density at radius 2 is 1.83 bits per heavy atom. The van der Waals surface area contributed by atoms with Gasteiger partial charge >= 0.3 is 5.97 Å². The maximum Gasteiger partial charge on any atom is 0.308 e. The van der Waals surface area contributed by atoms with Gasteiger partial charge in [-0.25, -0.2) is 13.1 Å². The molecule has 1 saturated heterocycles. The Morgan fingerprint density at radius 3 is 2.26 bits per heavy atom. The molecule has 0 spiro atoms. The molecule has 23 heavy (non-hydrogen) atoms. The minimum Gasteiger partial charge on any atom is -0.481 e. The van der Waals surface area contributed by atoms with E-state index in [9.17, 15) is 18.0 Å². The van der Waals surface area contributed by atoms with Gasteiger partial charge in [0.2, 0.25) is 15.9 Å². The molecular formula is C15H20N2O5S. The van der Waals surface area contributed by atoms with Crippen molar-refractivity contribution in [1.29, 1.82) is 0 Å². The highest BCUT2D eigenvalue weighted by Gasteiger charge is 2.35. The molecular weight excluding hydrogens is 320 g/mol. The monoisotopic (exact) mass is 340 g/mol. The minimum absolute atomic E-state index is 0.0407. The molecule has 8 heteroatoms. The normalized spacial score (nSPS) is 19.2. The van der Waals surface area contributed by atoms with Crippen molar-refractivity contribution in [2.24, 2.45) is 5.92 Å². The van der Waals surface area contributed by atoms with Crippen molar-refractivity contribution in [1.82, 2.24) is 4.72 Å². The Balaban J connectivity index is 2.20. The molecule has 0 radical (unpaired) electrons. The predicted molar refractivity (Wildman–Crippen MR) is 84.6 cm³/mol. The third-order valence-corrected chi connectivity index (χ3v) is 5.15. The molecule has 0 saturated carbocycles. The summed E-state index contributed by atoms with van der Waals surface area (Å²) in [5.41, 5.74) is -0.106. The second kappa shape index (κ2) is 5.93. The molecule has 1 atom stereocenters. The zero-order valence-corrected chi connectivity index (χ0v) is 14.1. The SMILES string of the molecule is CC(C)(C)NS(=O)(=O)c1ccc(N2C[C@@H](C(=O)O)CC2=O)cc1. The molecule has 1 aromatic rings. The fraction of sp³-hybridized carbons (Fsp3) is 0.467. The molecule has 0 aliphatic carbocycles. The van der Waals surface area contributed by atoms with Gasteiger partial charge in [-0.3, -0.25) is 9.59 Å². The van der Waals surface area contributed by atoms with E-state index < -0.39 is 27.4 Å². The van der Waals surface area contributed by atoms with Gasteiger partial charge in [0.1, 0.15) is 0 Å². The van der Waals surface area contributed by atoms with Crippen molar-refractivity contribution in [2.45, 2.75) is 37.6 Å². The highest BCUT2D eigenvalue weighted by atomic mass is 32.2. The van der Waals surface area contributed by atoms with Crippen LogP contribution in [0.2, 0.25) is 0 Å². The lowest BCUT2D eigenvalue weighted by molar-refractivity contribution is -0.141. The van der Waals surface area contributed by atoms with E-state index in [1.54, 1.807) is 20.8 Å². The lowest BCUT2D eigenvalue weighted by Crippen LogP contribution is -2.40. The first-order valence-electron chi connectivity index (χ1n) is 7.17. The van der Waals surface area contributed by atoms with Crippen LogP contribution in [0.5, 0.6) is 0 Å². The summed E-state index contributed by atoms with van der Waals surface area (Å²) in [6, 6.07) is 5.84. The van der Waals surface area contributed by atoms with E-state index in [1.807, 2.05) is 0 Å². The first-order valence-corrected chi connectivity index (χ1v) is 8.65. The van der Waals surface area contributed by atoms with Crippen LogP contribution in [-0.2, 0) is 19.6 Å². The molecule has 1 amide bonds. The zero-order chi connectivity index (χ0) is 17.4. The van der Waals surface area contributed by atoms with Crippen LogP contribution in [0.25, 0.3) is 0 Å². The highest BCUT2D eigenvalue weighted by Crippen LogP contribution is 2.26. The van der Waals surface area contributed by atoms with Gasteiger partial charge in [-0.2, -0.15) is 0 Å². The topological polar surface area (TPSA) is 104 Å². The number of anilines is 1. The second-order valence-corrected chi connectivity index (χ2v) is 8.28. The molecule has 7 nitrogen and oxygen atoms in total. The number of hydrogen-bond acceptors (Lipinski definition) is 4. The van der Waals surface area contributed by atoms with Crippen molar-refractivity contribution in [2.75, 3.05) is 11.4 Å². The van der Waals surface area contributed by atoms with Crippen LogP contribution >= 0.6 is 0 Å². The van der Waals surface area contributed by atoms with Crippen LogP contribution in [0.1, 0.15) is 27.2 Å². The first kappa shape index (κ1) is 17.4. The summed E-state index contributed by atoms with van der Waals surface area (Å²) < 4.78 is 27.0. The van der Waals surface area contributed by atoms with Gasteiger partial charge in [0.15, 0.2) is 0 Å². The maximum atomic E-state index is 12.2. The molecule has 2 rings (SSSR count). The van der Waals surface area contributed by atoms with Crippen molar-refractivity contribution in [3.05, 3.63) is 24.3 Å². The maximum absolute atomic E-state index is 12.2. The zero-order valence-electron chi connectivity index (χ0n) is 13.2. The van der Waals surface area contributed by atoms with Crippen LogP contribution < -0.4 is 9.62 Å². The Hall–Kier alpha value is -1.93.